The van der Waals surface area contributed by atoms with Crippen molar-refractivity contribution in [1.29, 1.82) is 0 Å². The number of rotatable bonds is 2. The van der Waals surface area contributed by atoms with Gasteiger partial charge in [0, 0.05) is 16.7 Å². The van der Waals surface area contributed by atoms with Crippen LogP contribution in [0.4, 0.5) is 0 Å². The lowest BCUT2D eigenvalue weighted by Gasteiger charge is -2.21. The number of hydrogen-bond acceptors (Lipinski definition) is 5. The number of benzene rings is 2. The first-order valence-electron chi connectivity index (χ1n) is 7.84. The number of aromatic hydroxyl groups is 2. The van der Waals surface area contributed by atoms with Crippen LogP contribution in [0, 0.1) is 0 Å². The van der Waals surface area contributed by atoms with E-state index in [1.54, 1.807) is 12.1 Å². The molecule has 25 heavy (non-hydrogen) atoms. The Morgan fingerprint density at radius 1 is 0.960 bits per heavy atom. The van der Waals surface area contributed by atoms with Gasteiger partial charge in [0.2, 0.25) is 0 Å². The van der Waals surface area contributed by atoms with Crippen LogP contribution >= 0.6 is 0 Å². The lowest BCUT2D eigenvalue weighted by molar-refractivity contribution is -0.138. The van der Waals surface area contributed by atoms with Gasteiger partial charge >= 0.3 is 5.97 Å². The third-order valence-corrected chi connectivity index (χ3v) is 4.02. The minimum Gasteiger partial charge on any atom is -0.507 e. The Bertz CT molecular complexity index is 882. The van der Waals surface area contributed by atoms with E-state index in [0.717, 1.165) is 6.07 Å². The van der Waals surface area contributed by atoms with Crippen molar-refractivity contribution < 1.29 is 29.7 Å². The number of carbonyl (C=O) groups is 3. The summed E-state index contributed by atoms with van der Waals surface area (Å²) in [6, 6.07) is 7.10. The lowest BCUT2D eigenvalue weighted by atomic mass is 9.81. The molecular formula is C19H18O6. The molecule has 1 atom stereocenters. The summed E-state index contributed by atoms with van der Waals surface area (Å²) in [5.74, 6) is -4.69. The minimum absolute atomic E-state index is 0.111. The molecule has 0 amide bonds. The molecule has 1 unspecified atom stereocenters. The Labute approximate surface area is 144 Å². The van der Waals surface area contributed by atoms with E-state index < -0.39 is 35.0 Å². The third kappa shape index (κ3) is 2.76. The van der Waals surface area contributed by atoms with Gasteiger partial charge in [-0.05, 0) is 13.0 Å². The van der Waals surface area contributed by atoms with Gasteiger partial charge in [-0.1, -0.05) is 38.1 Å². The van der Waals surface area contributed by atoms with Gasteiger partial charge in [0.15, 0.2) is 11.6 Å². The Balaban J connectivity index is 0.00000109. The number of carboxylic acids is 1. The van der Waals surface area contributed by atoms with Crippen LogP contribution in [0.25, 0.3) is 0 Å². The van der Waals surface area contributed by atoms with E-state index in [0.29, 0.717) is 0 Å². The molecule has 0 radical (unpaired) electrons. The molecule has 0 aliphatic heterocycles. The third-order valence-electron chi connectivity index (χ3n) is 4.02. The number of hydrogen-bond donors (Lipinski definition) is 3. The van der Waals surface area contributed by atoms with Crippen LogP contribution in [0.15, 0.2) is 30.3 Å². The monoisotopic (exact) mass is 342 g/mol. The number of aliphatic carboxylic acids is 1. The van der Waals surface area contributed by atoms with Crippen molar-refractivity contribution in [1.82, 2.24) is 0 Å². The largest absolute Gasteiger partial charge is 0.507 e. The van der Waals surface area contributed by atoms with Crippen LogP contribution in [0.2, 0.25) is 0 Å². The molecule has 0 saturated heterocycles. The summed E-state index contributed by atoms with van der Waals surface area (Å²) < 4.78 is 0. The fraction of sp³-hybridized carbons (Fsp3) is 0.211. The van der Waals surface area contributed by atoms with Gasteiger partial charge < -0.3 is 15.3 Å². The standard InChI is InChI=1S/C17H12O6.C2H6/c1-7(17(22)23)10-6-11(18)12-13(16(10)21)15(20)9-5-3-2-4-8(9)14(12)19;1-2/h2-7,18,21H,1H3,(H,22,23);1-2H3. The second-order valence-electron chi connectivity index (χ2n) is 5.35. The molecule has 0 spiro atoms. The maximum Gasteiger partial charge on any atom is 0.310 e. The molecule has 6 heteroatoms. The Kier molecular flexibility index (Phi) is 4.92. The Morgan fingerprint density at radius 3 is 1.92 bits per heavy atom. The highest BCUT2D eigenvalue weighted by Crippen LogP contribution is 2.42. The maximum atomic E-state index is 12.6. The van der Waals surface area contributed by atoms with E-state index in [4.69, 9.17) is 5.11 Å². The first-order valence-corrected chi connectivity index (χ1v) is 7.84. The first kappa shape index (κ1) is 18.2. The topological polar surface area (TPSA) is 112 Å². The van der Waals surface area contributed by atoms with E-state index in [-0.39, 0.29) is 27.8 Å². The van der Waals surface area contributed by atoms with Crippen LogP contribution in [0.3, 0.4) is 0 Å². The van der Waals surface area contributed by atoms with Crippen LogP contribution in [0.1, 0.15) is 64.1 Å². The van der Waals surface area contributed by atoms with Crippen LogP contribution in [-0.2, 0) is 4.79 Å². The molecule has 6 nitrogen and oxygen atoms in total. The van der Waals surface area contributed by atoms with Crippen molar-refractivity contribution in [3.63, 3.8) is 0 Å². The van der Waals surface area contributed by atoms with Gasteiger partial charge in [-0.3, -0.25) is 14.4 Å². The smallest absolute Gasteiger partial charge is 0.310 e. The Hall–Kier alpha value is -3.15. The minimum atomic E-state index is -1.23. The molecular weight excluding hydrogens is 324 g/mol. The van der Waals surface area contributed by atoms with E-state index in [1.165, 1.54) is 19.1 Å². The number of carboxylic acid groups (broad SMARTS) is 1. The van der Waals surface area contributed by atoms with Gasteiger partial charge in [0.25, 0.3) is 0 Å². The van der Waals surface area contributed by atoms with Crippen molar-refractivity contribution in [3.8, 4) is 11.5 Å². The van der Waals surface area contributed by atoms with E-state index >= 15 is 0 Å². The maximum absolute atomic E-state index is 12.6. The summed E-state index contributed by atoms with van der Waals surface area (Å²) in [4.78, 5) is 36.2. The zero-order chi connectivity index (χ0) is 18.9. The molecule has 2 aromatic carbocycles. The molecule has 1 aliphatic carbocycles. The van der Waals surface area contributed by atoms with Gasteiger partial charge in [-0.2, -0.15) is 0 Å². The highest BCUT2D eigenvalue weighted by atomic mass is 16.4. The van der Waals surface area contributed by atoms with Gasteiger partial charge in [0.1, 0.15) is 11.5 Å². The summed E-state index contributed by atoms with van der Waals surface area (Å²) >= 11 is 0. The van der Waals surface area contributed by atoms with Gasteiger partial charge in [-0.15, -0.1) is 0 Å². The lowest BCUT2D eigenvalue weighted by Crippen LogP contribution is -2.22. The molecule has 3 N–H and O–H groups in total. The van der Waals surface area contributed by atoms with Crippen LogP contribution in [-0.4, -0.2) is 32.9 Å². The fourth-order valence-electron chi connectivity index (χ4n) is 2.74. The number of phenolic OH excluding ortho intramolecular Hbond substituents is 2. The first-order chi connectivity index (χ1) is 11.8. The van der Waals surface area contributed by atoms with Crippen LogP contribution < -0.4 is 0 Å². The molecule has 0 aromatic heterocycles. The summed E-state index contributed by atoms with van der Waals surface area (Å²) in [6.07, 6.45) is 0. The number of ketones is 2. The zero-order valence-corrected chi connectivity index (χ0v) is 14.0. The number of fused-ring (bicyclic) bond motifs is 2. The highest BCUT2D eigenvalue weighted by molar-refractivity contribution is 6.30. The normalized spacial score (nSPS) is 13.2. The van der Waals surface area contributed by atoms with E-state index in [2.05, 4.69) is 0 Å². The highest BCUT2D eigenvalue weighted by Gasteiger charge is 2.36. The quantitative estimate of drug-likeness (QED) is 0.617. The Morgan fingerprint density at radius 2 is 1.44 bits per heavy atom. The zero-order valence-electron chi connectivity index (χ0n) is 14.0. The number of phenols is 2. The summed E-state index contributed by atoms with van der Waals surface area (Å²) in [5, 5.41) is 29.6. The molecule has 130 valence electrons. The summed E-state index contributed by atoms with van der Waals surface area (Å²) in [5.41, 5.74) is -0.516. The number of carbonyl (C=O) groups excluding carboxylic acids is 2. The fourth-order valence-corrected chi connectivity index (χ4v) is 2.74. The van der Waals surface area contributed by atoms with E-state index in [9.17, 15) is 24.6 Å². The average molecular weight is 342 g/mol. The van der Waals surface area contributed by atoms with E-state index in [1.807, 2.05) is 13.8 Å². The van der Waals surface area contributed by atoms with Crippen molar-refractivity contribution in [2.45, 2.75) is 26.7 Å². The van der Waals surface area contributed by atoms with Gasteiger partial charge in [0.05, 0.1) is 17.0 Å². The second-order valence-corrected chi connectivity index (χ2v) is 5.35. The van der Waals surface area contributed by atoms with Crippen molar-refractivity contribution in [3.05, 3.63) is 58.1 Å². The second kappa shape index (κ2) is 6.76. The molecule has 0 heterocycles. The average Bonchev–Trinajstić information content (AvgIpc) is 2.62. The molecule has 1 aliphatic rings. The van der Waals surface area contributed by atoms with Crippen molar-refractivity contribution in [2.75, 3.05) is 0 Å². The SMILES string of the molecule is CC.CC(C(=O)O)c1cc(O)c2c(c1O)C(=O)c1ccccc1C2=O. The predicted octanol–water partition coefficient (Wildman–Crippen LogP) is 3.09. The molecule has 0 saturated carbocycles. The molecule has 2 aromatic rings. The van der Waals surface area contributed by atoms with Crippen molar-refractivity contribution in [2.24, 2.45) is 0 Å². The van der Waals surface area contributed by atoms with Gasteiger partial charge in [-0.25, -0.2) is 0 Å². The van der Waals surface area contributed by atoms with Crippen LogP contribution in [0.5, 0.6) is 11.5 Å². The molecule has 0 fully saturated rings. The predicted molar refractivity (Wildman–Crippen MR) is 90.5 cm³/mol. The summed E-state index contributed by atoms with van der Waals surface area (Å²) in [6.45, 7) is 5.31. The van der Waals surface area contributed by atoms with Crippen molar-refractivity contribution >= 4 is 17.5 Å². The molecule has 0 bridgehead atoms. The summed E-state index contributed by atoms with van der Waals surface area (Å²) in [7, 11) is 0. The molecule has 3 rings (SSSR count).